The quantitative estimate of drug-likeness (QED) is 0.922. The number of benzene rings is 1. The summed E-state index contributed by atoms with van der Waals surface area (Å²) < 4.78 is 0.836. The number of aromatic nitrogens is 1. The molecule has 1 aromatic heterocycles. The molecular formula is C14H15BrN2OS. The van der Waals surface area contributed by atoms with Gasteiger partial charge in [0.2, 0.25) is 0 Å². The van der Waals surface area contributed by atoms with E-state index in [0.717, 1.165) is 15.0 Å². The number of nitrogens with one attached hydrogen (secondary N) is 1. The Morgan fingerprint density at radius 3 is 2.79 bits per heavy atom. The number of carbonyl (C=O) groups excluding carboxylic acids is 1. The minimum absolute atomic E-state index is 0.101. The molecule has 0 radical (unpaired) electrons. The van der Waals surface area contributed by atoms with E-state index in [4.69, 9.17) is 0 Å². The molecule has 0 unspecified atom stereocenters. The number of hydrogen-bond donors (Lipinski definition) is 1. The normalized spacial score (nSPS) is 11.4. The van der Waals surface area contributed by atoms with Crippen LogP contribution in [0.5, 0.6) is 0 Å². The van der Waals surface area contributed by atoms with Crippen LogP contribution in [0.2, 0.25) is 0 Å². The van der Waals surface area contributed by atoms with E-state index in [2.05, 4.69) is 26.2 Å². The van der Waals surface area contributed by atoms with Gasteiger partial charge in [0.1, 0.15) is 5.01 Å². The van der Waals surface area contributed by atoms with Crippen molar-refractivity contribution >= 4 is 33.2 Å². The molecule has 0 atom stereocenters. The smallest absolute Gasteiger partial charge is 0.253 e. The van der Waals surface area contributed by atoms with Gasteiger partial charge in [-0.15, -0.1) is 11.3 Å². The lowest BCUT2D eigenvalue weighted by atomic mass is 10.0. The minimum Gasteiger partial charge on any atom is -0.341 e. The molecule has 5 heteroatoms. The van der Waals surface area contributed by atoms with Gasteiger partial charge in [-0.25, -0.2) is 4.98 Å². The molecule has 0 aliphatic heterocycles. The van der Waals surface area contributed by atoms with Crippen LogP contribution in [-0.4, -0.2) is 10.9 Å². The summed E-state index contributed by atoms with van der Waals surface area (Å²) >= 11 is 5.00. The molecule has 19 heavy (non-hydrogen) atoms. The van der Waals surface area contributed by atoms with Crippen molar-refractivity contribution < 1.29 is 4.79 Å². The number of amides is 1. The van der Waals surface area contributed by atoms with Crippen molar-refractivity contribution in [3.05, 3.63) is 50.4 Å². The van der Waals surface area contributed by atoms with Gasteiger partial charge in [0, 0.05) is 16.0 Å². The van der Waals surface area contributed by atoms with Crippen LogP contribution in [0.3, 0.4) is 0 Å². The number of aryl methyl sites for hydroxylation is 1. The van der Waals surface area contributed by atoms with Gasteiger partial charge in [0.25, 0.3) is 5.91 Å². The Bertz CT molecular complexity index is 593. The van der Waals surface area contributed by atoms with Crippen LogP contribution in [0, 0.1) is 6.92 Å². The van der Waals surface area contributed by atoms with Crippen molar-refractivity contribution in [3.63, 3.8) is 0 Å². The van der Waals surface area contributed by atoms with Crippen molar-refractivity contribution in [2.24, 2.45) is 0 Å². The fourth-order valence-corrected chi connectivity index (χ4v) is 2.92. The Balaban J connectivity index is 2.24. The van der Waals surface area contributed by atoms with E-state index < -0.39 is 5.54 Å². The van der Waals surface area contributed by atoms with E-state index in [-0.39, 0.29) is 5.91 Å². The topological polar surface area (TPSA) is 42.0 Å². The van der Waals surface area contributed by atoms with Crippen LogP contribution in [0.15, 0.2) is 34.2 Å². The second kappa shape index (κ2) is 5.43. The fourth-order valence-electron chi connectivity index (χ4n) is 1.76. The maximum Gasteiger partial charge on any atom is 0.253 e. The molecule has 1 N–H and O–H groups in total. The van der Waals surface area contributed by atoms with Gasteiger partial charge in [-0.1, -0.05) is 12.1 Å². The Morgan fingerprint density at radius 2 is 2.16 bits per heavy atom. The van der Waals surface area contributed by atoms with Crippen LogP contribution >= 0.6 is 27.3 Å². The molecule has 0 saturated carbocycles. The molecule has 0 spiro atoms. The zero-order chi connectivity index (χ0) is 14.0. The number of halogens is 1. The summed E-state index contributed by atoms with van der Waals surface area (Å²) in [7, 11) is 0. The summed E-state index contributed by atoms with van der Waals surface area (Å²) in [5.74, 6) is -0.101. The van der Waals surface area contributed by atoms with E-state index in [1.165, 1.54) is 11.3 Å². The Hall–Kier alpha value is -1.20. The first-order chi connectivity index (χ1) is 8.92. The van der Waals surface area contributed by atoms with E-state index >= 15 is 0 Å². The van der Waals surface area contributed by atoms with Gasteiger partial charge in [-0.05, 0) is 48.3 Å². The summed E-state index contributed by atoms with van der Waals surface area (Å²) in [4.78, 5) is 16.6. The first-order valence-corrected chi connectivity index (χ1v) is 7.56. The van der Waals surface area contributed by atoms with E-state index in [1.807, 2.05) is 44.4 Å². The van der Waals surface area contributed by atoms with E-state index in [9.17, 15) is 4.79 Å². The van der Waals surface area contributed by atoms with Gasteiger partial charge in [0.05, 0.1) is 11.1 Å². The van der Waals surface area contributed by atoms with E-state index in [1.54, 1.807) is 6.20 Å². The molecule has 1 heterocycles. The third-order valence-electron chi connectivity index (χ3n) is 2.83. The Morgan fingerprint density at radius 1 is 1.42 bits per heavy atom. The number of carbonyl (C=O) groups is 1. The summed E-state index contributed by atoms with van der Waals surface area (Å²) in [6, 6.07) is 5.66. The zero-order valence-corrected chi connectivity index (χ0v) is 13.4. The Kier molecular flexibility index (Phi) is 4.06. The number of hydrogen-bond acceptors (Lipinski definition) is 3. The van der Waals surface area contributed by atoms with Gasteiger partial charge in [-0.3, -0.25) is 4.79 Å². The predicted molar refractivity (Wildman–Crippen MR) is 81.5 cm³/mol. The number of rotatable bonds is 3. The van der Waals surface area contributed by atoms with Gasteiger partial charge < -0.3 is 5.32 Å². The highest BCUT2D eigenvalue weighted by molar-refractivity contribution is 9.10. The summed E-state index contributed by atoms with van der Waals surface area (Å²) in [6.07, 6.45) is 1.75. The van der Waals surface area contributed by atoms with Crippen LogP contribution in [0.4, 0.5) is 0 Å². The zero-order valence-electron chi connectivity index (χ0n) is 11.0. The average molecular weight is 339 g/mol. The first kappa shape index (κ1) is 14.2. The third kappa shape index (κ3) is 3.04. The van der Waals surface area contributed by atoms with Crippen LogP contribution in [0.1, 0.15) is 34.8 Å². The van der Waals surface area contributed by atoms with Crippen molar-refractivity contribution in [2.75, 3.05) is 0 Å². The summed E-state index contributed by atoms with van der Waals surface area (Å²) in [5, 5.41) is 5.82. The molecule has 1 amide bonds. The van der Waals surface area contributed by atoms with Gasteiger partial charge in [0.15, 0.2) is 0 Å². The lowest BCUT2D eigenvalue weighted by Gasteiger charge is -2.24. The summed E-state index contributed by atoms with van der Waals surface area (Å²) in [5.41, 5.74) is 1.21. The average Bonchev–Trinajstić information content (AvgIpc) is 2.86. The highest BCUT2D eigenvalue weighted by atomic mass is 79.9. The van der Waals surface area contributed by atoms with Crippen molar-refractivity contribution in [1.29, 1.82) is 0 Å². The highest BCUT2D eigenvalue weighted by Crippen LogP contribution is 2.25. The highest BCUT2D eigenvalue weighted by Gasteiger charge is 2.26. The number of thiazole rings is 1. The van der Waals surface area contributed by atoms with Crippen molar-refractivity contribution in [2.45, 2.75) is 26.3 Å². The first-order valence-electron chi connectivity index (χ1n) is 5.89. The molecule has 3 nitrogen and oxygen atoms in total. The fraction of sp³-hybridized carbons (Fsp3) is 0.286. The molecule has 0 saturated heterocycles. The predicted octanol–water partition coefficient (Wildman–Crippen LogP) is 3.88. The monoisotopic (exact) mass is 338 g/mol. The molecule has 2 aromatic rings. The molecule has 0 aliphatic carbocycles. The molecule has 1 aromatic carbocycles. The lowest BCUT2D eigenvalue weighted by Crippen LogP contribution is -2.41. The van der Waals surface area contributed by atoms with Gasteiger partial charge >= 0.3 is 0 Å². The van der Waals surface area contributed by atoms with E-state index in [0.29, 0.717) is 5.56 Å². The molecule has 100 valence electrons. The van der Waals surface area contributed by atoms with Crippen LogP contribution in [-0.2, 0) is 5.54 Å². The van der Waals surface area contributed by atoms with Crippen molar-refractivity contribution in [1.82, 2.24) is 10.3 Å². The second-order valence-corrected chi connectivity index (χ2v) is 6.54. The SMILES string of the molecule is Cc1cccc(C(=O)NC(C)(C)c2nccs2)c1Br. The molecule has 0 aliphatic rings. The molecule has 0 fully saturated rings. The number of nitrogens with zero attached hydrogens (tertiary/aromatic N) is 1. The molecule has 2 rings (SSSR count). The third-order valence-corrected chi connectivity index (χ3v) is 4.98. The van der Waals surface area contributed by atoms with Crippen molar-refractivity contribution in [3.8, 4) is 0 Å². The largest absolute Gasteiger partial charge is 0.341 e. The maximum atomic E-state index is 12.4. The molecular weight excluding hydrogens is 324 g/mol. The standard InChI is InChI=1S/C14H15BrN2OS/c1-9-5-4-6-10(11(9)15)12(18)17-14(2,3)13-16-7-8-19-13/h4-8H,1-3H3,(H,17,18). The Labute approximate surface area is 125 Å². The maximum absolute atomic E-state index is 12.4. The molecule has 0 bridgehead atoms. The second-order valence-electron chi connectivity index (χ2n) is 4.85. The minimum atomic E-state index is -0.478. The lowest BCUT2D eigenvalue weighted by molar-refractivity contribution is 0.0911. The van der Waals surface area contributed by atoms with Crippen LogP contribution < -0.4 is 5.32 Å². The van der Waals surface area contributed by atoms with Crippen LogP contribution in [0.25, 0.3) is 0 Å². The summed E-state index contributed by atoms with van der Waals surface area (Å²) in [6.45, 7) is 5.87. The van der Waals surface area contributed by atoms with Gasteiger partial charge in [-0.2, -0.15) is 0 Å².